The number of carbonyl (C=O) groups is 4. The smallest absolute Gasteiger partial charge is 0.309 e. The minimum Gasteiger partial charge on any atom is -0.465 e. The summed E-state index contributed by atoms with van der Waals surface area (Å²) in [5.41, 5.74) is 2.02. The molecular formula is C34H44O7. The number of ether oxygens (including phenoxy) is 2. The predicted molar refractivity (Wildman–Crippen MR) is 159 cm³/mol. The molecular weight excluding hydrogens is 520 g/mol. The van der Waals surface area contributed by atoms with E-state index < -0.39 is 29.2 Å². The molecule has 0 spiro atoms. The van der Waals surface area contributed by atoms with Gasteiger partial charge in [-0.3, -0.25) is 14.4 Å². The number of ketones is 2. The fourth-order valence-electron chi connectivity index (χ4n) is 4.84. The number of hydrogen-bond donors (Lipinski definition) is 1. The summed E-state index contributed by atoms with van der Waals surface area (Å²) < 4.78 is 10.8. The van der Waals surface area contributed by atoms with Crippen LogP contribution in [0.2, 0.25) is 0 Å². The Kier molecular flexibility index (Phi) is 13.6. The van der Waals surface area contributed by atoms with Crippen LogP contribution < -0.4 is 0 Å². The van der Waals surface area contributed by atoms with Gasteiger partial charge < -0.3 is 19.4 Å². The van der Waals surface area contributed by atoms with Crippen molar-refractivity contribution >= 4 is 29.6 Å². The zero-order valence-electron chi connectivity index (χ0n) is 24.9. The van der Waals surface area contributed by atoms with E-state index in [-0.39, 0.29) is 43.7 Å². The second-order valence-electron chi connectivity index (χ2n) is 11.4. The van der Waals surface area contributed by atoms with Gasteiger partial charge in [-0.1, -0.05) is 88.4 Å². The molecule has 0 aliphatic carbocycles. The molecule has 2 aromatic carbocycles. The van der Waals surface area contributed by atoms with Gasteiger partial charge in [0.2, 0.25) is 0 Å². The van der Waals surface area contributed by atoms with Gasteiger partial charge in [0.15, 0.2) is 5.78 Å². The topological polar surface area (TPSA) is 107 Å². The summed E-state index contributed by atoms with van der Waals surface area (Å²) in [6.07, 6.45) is 5.05. The normalized spacial score (nSPS) is 13.8. The quantitative estimate of drug-likeness (QED) is 0.139. The molecule has 0 saturated heterocycles. The van der Waals surface area contributed by atoms with Crippen molar-refractivity contribution in [3.8, 4) is 0 Å². The van der Waals surface area contributed by atoms with E-state index in [9.17, 15) is 19.2 Å². The van der Waals surface area contributed by atoms with Gasteiger partial charge in [-0.2, -0.15) is 0 Å². The third kappa shape index (κ3) is 11.8. The third-order valence-corrected chi connectivity index (χ3v) is 7.00. The Morgan fingerprint density at radius 1 is 0.927 bits per heavy atom. The predicted octanol–water partition coefficient (Wildman–Crippen LogP) is 6.19. The number of aliphatic hydroxyl groups is 1. The number of rotatable bonds is 17. The summed E-state index contributed by atoms with van der Waals surface area (Å²) in [4.78, 5) is 49.9. The first-order valence-corrected chi connectivity index (χ1v) is 14.3. The van der Waals surface area contributed by atoms with E-state index in [0.717, 1.165) is 17.5 Å². The Labute approximate surface area is 243 Å². The Hall–Kier alpha value is -3.58. The van der Waals surface area contributed by atoms with Gasteiger partial charge in [-0.05, 0) is 49.3 Å². The van der Waals surface area contributed by atoms with E-state index in [2.05, 4.69) is 0 Å². The van der Waals surface area contributed by atoms with Crippen molar-refractivity contribution in [1.82, 2.24) is 0 Å². The number of benzene rings is 2. The van der Waals surface area contributed by atoms with E-state index in [0.29, 0.717) is 18.4 Å². The molecule has 0 aliphatic heterocycles. The first kappa shape index (κ1) is 33.6. The summed E-state index contributed by atoms with van der Waals surface area (Å²) in [6.45, 7) is 8.70. The van der Waals surface area contributed by atoms with Gasteiger partial charge in [0, 0.05) is 17.4 Å². The molecule has 0 bridgehead atoms. The zero-order chi connectivity index (χ0) is 30.4. The number of carbonyl (C=O) groups excluding carboxylic acids is 4. The molecule has 0 saturated carbocycles. The highest BCUT2D eigenvalue weighted by Crippen LogP contribution is 2.32. The highest BCUT2D eigenvalue weighted by atomic mass is 16.5. The molecule has 41 heavy (non-hydrogen) atoms. The van der Waals surface area contributed by atoms with Gasteiger partial charge in [0.25, 0.3) is 0 Å². The Morgan fingerprint density at radius 2 is 1.59 bits per heavy atom. The summed E-state index contributed by atoms with van der Waals surface area (Å²) in [7, 11) is 0. The lowest BCUT2D eigenvalue weighted by molar-refractivity contribution is -0.155. The van der Waals surface area contributed by atoms with Crippen LogP contribution in [0.15, 0.2) is 60.7 Å². The summed E-state index contributed by atoms with van der Waals surface area (Å²) in [5, 5.41) is 9.15. The van der Waals surface area contributed by atoms with Gasteiger partial charge in [-0.25, -0.2) is 0 Å². The van der Waals surface area contributed by atoms with Gasteiger partial charge in [-0.15, -0.1) is 0 Å². The van der Waals surface area contributed by atoms with E-state index in [4.69, 9.17) is 14.6 Å². The molecule has 3 unspecified atom stereocenters. The van der Waals surface area contributed by atoms with E-state index in [1.807, 2.05) is 63.2 Å². The lowest BCUT2D eigenvalue weighted by Crippen LogP contribution is -2.29. The molecule has 2 aromatic rings. The highest BCUT2D eigenvalue weighted by molar-refractivity contribution is 6.06. The molecule has 0 heterocycles. The second kappa shape index (κ2) is 16.6. The first-order valence-electron chi connectivity index (χ1n) is 14.3. The molecule has 0 fully saturated rings. The van der Waals surface area contributed by atoms with Gasteiger partial charge in [0.05, 0.1) is 25.0 Å². The van der Waals surface area contributed by atoms with Crippen LogP contribution in [0.25, 0.3) is 6.08 Å². The van der Waals surface area contributed by atoms with Crippen LogP contribution in [0, 0.1) is 17.3 Å². The molecule has 222 valence electrons. The fourth-order valence-corrected chi connectivity index (χ4v) is 4.84. The maximum Gasteiger partial charge on any atom is 0.309 e. The van der Waals surface area contributed by atoms with E-state index in [1.54, 1.807) is 31.2 Å². The highest BCUT2D eigenvalue weighted by Gasteiger charge is 2.30. The fraction of sp³-hybridized carbons (Fsp3) is 0.471. The van der Waals surface area contributed by atoms with Crippen molar-refractivity contribution in [3.05, 3.63) is 77.4 Å². The average Bonchev–Trinajstić information content (AvgIpc) is 2.95. The standard InChI is InChI=1S/C34H44O7/c1-6-27(28-13-15-29(16-14-28)31(37)17-12-26-10-8-7-9-11-26)21-30(33(39)40-19-18-35)20-24(2)32(38)41-23-34(4,5)22-25(3)36/h7-17,24,27,30,35H,6,18-23H2,1-5H3/b17-12+. The first-order chi connectivity index (χ1) is 19.5. The van der Waals surface area contributed by atoms with Crippen LogP contribution in [-0.4, -0.2) is 48.4 Å². The SMILES string of the molecule is CCC(CC(CC(C)C(=O)OCC(C)(C)CC(C)=O)C(=O)OCCO)c1ccc(C(=O)/C=C/c2ccccc2)cc1. The number of Topliss-reactive ketones (excluding diaryl/α,β-unsaturated/α-hetero) is 1. The number of aliphatic hydroxyl groups excluding tert-OH is 1. The van der Waals surface area contributed by atoms with Crippen molar-refractivity contribution in [3.63, 3.8) is 0 Å². The molecule has 7 heteroatoms. The Bertz CT molecular complexity index is 1170. The lowest BCUT2D eigenvalue weighted by atomic mass is 9.82. The number of esters is 2. The van der Waals surface area contributed by atoms with Crippen LogP contribution in [-0.2, 0) is 23.9 Å². The number of hydrogen-bond acceptors (Lipinski definition) is 7. The van der Waals surface area contributed by atoms with Gasteiger partial charge >= 0.3 is 11.9 Å². The van der Waals surface area contributed by atoms with Crippen molar-refractivity contribution in [2.45, 2.75) is 66.2 Å². The molecule has 0 radical (unpaired) electrons. The molecule has 1 N–H and O–H groups in total. The summed E-state index contributed by atoms with van der Waals surface area (Å²) in [6, 6.07) is 17.0. The monoisotopic (exact) mass is 564 g/mol. The van der Waals surface area contributed by atoms with Crippen LogP contribution >= 0.6 is 0 Å². The lowest BCUT2D eigenvalue weighted by Gasteiger charge is -2.26. The molecule has 2 rings (SSSR count). The molecule has 0 amide bonds. The van der Waals surface area contributed by atoms with Crippen LogP contribution in [0.3, 0.4) is 0 Å². The molecule has 3 atom stereocenters. The van der Waals surface area contributed by atoms with Gasteiger partial charge in [0.1, 0.15) is 12.4 Å². The largest absolute Gasteiger partial charge is 0.465 e. The third-order valence-electron chi connectivity index (χ3n) is 7.00. The molecule has 0 aliphatic rings. The zero-order valence-corrected chi connectivity index (χ0v) is 24.9. The second-order valence-corrected chi connectivity index (χ2v) is 11.4. The van der Waals surface area contributed by atoms with Crippen LogP contribution in [0.4, 0.5) is 0 Å². The summed E-state index contributed by atoms with van der Waals surface area (Å²) >= 11 is 0. The van der Waals surface area contributed by atoms with Crippen molar-refractivity contribution in [2.75, 3.05) is 19.8 Å². The minimum atomic E-state index is -0.589. The summed E-state index contributed by atoms with van der Waals surface area (Å²) in [5.74, 6) is -2.13. The molecule has 7 nitrogen and oxygen atoms in total. The molecule has 0 aromatic heterocycles. The maximum absolute atomic E-state index is 12.9. The van der Waals surface area contributed by atoms with Crippen molar-refractivity contribution in [1.29, 1.82) is 0 Å². The number of allylic oxidation sites excluding steroid dienone is 1. The van der Waals surface area contributed by atoms with Crippen molar-refractivity contribution < 1.29 is 33.8 Å². The van der Waals surface area contributed by atoms with Crippen LogP contribution in [0.5, 0.6) is 0 Å². The van der Waals surface area contributed by atoms with E-state index in [1.165, 1.54) is 6.92 Å². The Balaban J connectivity index is 2.10. The maximum atomic E-state index is 12.9. The van der Waals surface area contributed by atoms with Crippen molar-refractivity contribution in [2.24, 2.45) is 17.3 Å². The Morgan fingerprint density at radius 3 is 2.17 bits per heavy atom. The van der Waals surface area contributed by atoms with Crippen LogP contribution in [0.1, 0.15) is 87.7 Å². The minimum absolute atomic E-state index is 0.0107. The average molecular weight is 565 g/mol. The van der Waals surface area contributed by atoms with E-state index >= 15 is 0 Å².